The van der Waals surface area contributed by atoms with Crippen LogP contribution in [0.15, 0.2) is 164 Å². The maximum atomic E-state index is 5.44. The minimum Gasteiger partial charge on any atom is -0.333 e. The molecule has 0 fully saturated rings. The Bertz CT molecular complexity index is 3220. The molecule has 1 aliphatic heterocycles. The van der Waals surface area contributed by atoms with Gasteiger partial charge < -0.3 is 4.90 Å². The van der Waals surface area contributed by atoms with Crippen molar-refractivity contribution in [2.45, 2.75) is 12.0 Å². The number of hydrogen-bond acceptors (Lipinski definition) is 5. The number of fused-ring (bicyclic) bond motifs is 11. The van der Waals surface area contributed by atoms with Gasteiger partial charge in [0.25, 0.3) is 0 Å². The second-order valence-corrected chi connectivity index (χ2v) is 16.2. The van der Waals surface area contributed by atoms with E-state index in [4.69, 9.17) is 9.97 Å². The third-order valence-corrected chi connectivity index (χ3v) is 13.4. The summed E-state index contributed by atoms with van der Waals surface area (Å²) in [7, 11) is 0. The molecule has 2 aliphatic rings. The van der Waals surface area contributed by atoms with Crippen molar-refractivity contribution in [1.29, 1.82) is 0 Å². The van der Waals surface area contributed by atoms with Crippen molar-refractivity contribution in [3.63, 3.8) is 0 Å². The molecule has 7 aromatic carbocycles. The van der Waals surface area contributed by atoms with E-state index in [9.17, 15) is 0 Å². The van der Waals surface area contributed by atoms with Gasteiger partial charge in [-0.15, -0.1) is 22.7 Å². The lowest BCUT2D eigenvalue weighted by Gasteiger charge is -2.28. The van der Waals surface area contributed by atoms with Crippen LogP contribution < -0.4 is 4.90 Å². The van der Waals surface area contributed by atoms with E-state index in [1.54, 1.807) is 11.3 Å². The minimum atomic E-state index is 0.239. The normalized spacial score (nSPS) is 16.5. The third-order valence-electron chi connectivity index (χ3n) is 11.2. The molecule has 248 valence electrons. The first kappa shape index (κ1) is 29.4. The Labute approximate surface area is 313 Å². The van der Waals surface area contributed by atoms with E-state index >= 15 is 0 Å². The predicted molar refractivity (Wildman–Crippen MR) is 227 cm³/mol. The zero-order valence-corrected chi connectivity index (χ0v) is 30.0. The standard InChI is InChI=1S/C48H29N3S2/c1-2-11-29-24-32(21-20-28(29)10-1)45-47-46(36-15-6-8-18-41(36)53-47)50-48(49-45)37-16-9-19-42-44(37)35-23-22-33(27-43(35)52-42)51-39-17-7-5-14-34(39)38-25-30-12-3-4-13-31(30)26-40(38)51/h1-27,34,39H. The first-order chi connectivity index (χ1) is 26.2. The van der Waals surface area contributed by atoms with Crippen LogP contribution in [0, 0.1) is 0 Å². The van der Waals surface area contributed by atoms with Crippen LogP contribution in [0.5, 0.6) is 0 Å². The molecule has 1 aliphatic carbocycles. The monoisotopic (exact) mass is 711 g/mol. The first-order valence-electron chi connectivity index (χ1n) is 18.1. The Morgan fingerprint density at radius 2 is 1.32 bits per heavy atom. The van der Waals surface area contributed by atoms with Crippen LogP contribution in [0.4, 0.5) is 11.4 Å². The highest BCUT2D eigenvalue weighted by atomic mass is 32.1. The Kier molecular flexibility index (Phi) is 6.21. The van der Waals surface area contributed by atoms with Gasteiger partial charge in [-0.1, -0.05) is 121 Å². The van der Waals surface area contributed by atoms with Crippen molar-refractivity contribution >= 4 is 96.1 Å². The number of rotatable bonds is 3. The molecule has 0 saturated heterocycles. The number of thiophene rings is 2. The summed E-state index contributed by atoms with van der Waals surface area (Å²) >= 11 is 3.64. The molecule has 0 spiro atoms. The van der Waals surface area contributed by atoms with Crippen molar-refractivity contribution in [3.8, 4) is 22.6 Å². The molecular formula is C48H29N3S2. The number of nitrogens with zero attached hydrogens (tertiary/aromatic N) is 3. The van der Waals surface area contributed by atoms with Crippen LogP contribution >= 0.6 is 22.7 Å². The summed E-state index contributed by atoms with van der Waals surface area (Å²) in [4.78, 5) is 13.4. The summed E-state index contributed by atoms with van der Waals surface area (Å²) in [6, 6.07) is 51.2. The second-order valence-electron chi connectivity index (χ2n) is 14.1. The first-order valence-corrected chi connectivity index (χ1v) is 19.7. The molecule has 5 heteroatoms. The van der Waals surface area contributed by atoms with Crippen LogP contribution in [-0.4, -0.2) is 16.0 Å². The Hall–Kier alpha value is -6.14. The van der Waals surface area contributed by atoms with Gasteiger partial charge in [0, 0.05) is 58.7 Å². The Morgan fingerprint density at radius 1 is 0.547 bits per heavy atom. The molecule has 3 nitrogen and oxygen atoms in total. The Balaban J connectivity index is 1.05. The fourth-order valence-electron chi connectivity index (χ4n) is 8.72. The average molecular weight is 712 g/mol. The van der Waals surface area contributed by atoms with Crippen molar-refractivity contribution in [3.05, 3.63) is 169 Å². The maximum Gasteiger partial charge on any atom is 0.161 e. The molecule has 0 radical (unpaired) electrons. The maximum absolute atomic E-state index is 5.44. The highest BCUT2D eigenvalue weighted by Gasteiger charge is 2.37. The zero-order chi connectivity index (χ0) is 34.6. The second kappa shape index (κ2) is 11.2. The lowest BCUT2D eigenvalue weighted by atomic mass is 9.90. The van der Waals surface area contributed by atoms with Crippen molar-refractivity contribution in [1.82, 2.24) is 9.97 Å². The molecular weight excluding hydrogens is 683 g/mol. The van der Waals surface area contributed by atoms with Crippen molar-refractivity contribution < 1.29 is 0 Å². The fourth-order valence-corrected chi connectivity index (χ4v) is 11.0. The molecule has 4 heterocycles. The van der Waals surface area contributed by atoms with Gasteiger partial charge in [0.05, 0.1) is 22.0 Å². The van der Waals surface area contributed by atoms with Crippen LogP contribution in [0.2, 0.25) is 0 Å². The average Bonchev–Trinajstić information content (AvgIpc) is 3.88. The molecule has 53 heavy (non-hydrogen) atoms. The van der Waals surface area contributed by atoms with Crippen LogP contribution in [0.25, 0.3) is 84.7 Å². The van der Waals surface area contributed by atoms with Gasteiger partial charge in [0.1, 0.15) is 0 Å². The van der Waals surface area contributed by atoms with E-state index in [1.807, 2.05) is 11.3 Å². The van der Waals surface area contributed by atoms with Gasteiger partial charge in [0.2, 0.25) is 0 Å². The summed E-state index contributed by atoms with van der Waals surface area (Å²) in [5.74, 6) is 1.09. The topological polar surface area (TPSA) is 29.0 Å². The number of allylic oxidation sites excluding steroid dienone is 2. The fraction of sp³-hybridized carbons (Fsp3) is 0.0417. The summed E-state index contributed by atoms with van der Waals surface area (Å²) < 4.78 is 4.86. The largest absolute Gasteiger partial charge is 0.333 e. The highest BCUT2D eigenvalue weighted by Crippen LogP contribution is 2.51. The summed E-state index contributed by atoms with van der Waals surface area (Å²) in [6.45, 7) is 0. The molecule has 0 saturated carbocycles. The van der Waals surface area contributed by atoms with Gasteiger partial charge in [-0.05, 0) is 69.6 Å². The molecule has 2 atom stereocenters. The number of hydrogen-bond donors (Lipinski definition) is 0. The van der Waals surface area contributed by atoms with Gasteiger partial charge >= 0.3 is 0 Å². The summed E-state index contributed by atoms with van der Waals surface area (Å²) in [5.41, 5.74) is 8.09. The molecule has 0 N–H and O–H groups in total. The number of anilines is 2. The lowest BCUT2D eigenvalue weighted by Crippen LogP contribution is -2.28. The molecule has 3 aromatic heterocycles. The van der Waals surface area contributed by atoms with Gasteiger partial charge in [0.15, 0.2) is 5.82 Å². The third kappa shape index (κ3) is 4.38. The van der Waals surface area contributed by atoms with Gasteiger partial charge in [-0.2, -0.15) is 0 Å². The van der Waals surface area contributed by atoms with Gasteiger partial charge in [-0.3, -0.25) is 0 Å². The smallest absolute Gasteiger partial charge is 0.161 e. The van der Waals surface area contributed by atoms with E-state index in [0.29, 0.717) is 5.92 Å². The summed E-state index contributed by atoms with van der Waals surface area (Å²) in [6.07, 6.45) is 9.12. The van der Waals surface area contributed by atoms with Crippen LogP contribution in [0.3, 0.4) is 0 Å². The molecule has 0 bridgehead atoms. The van der Waals surface area contributed by atoms with E-state index in [2.05, 4.69) is 169 Å². The SMILES string of the molecule is C1=CC2c3cc4ccccc4cc3N(c3ccc4c(c3)sc3cccc(-c5nc(-c6ccc7ccccc7c6)c6sc7ccccc7c6n5)c34)C2C=C1. The lowest BCUT2D eigenvalue weighted by molar-refractivity contribution is 0.745. The highest BCUT2D eigenvalue weighted by molar-refractivity contribution is 7.26. The van der Waals surface area contributed by atoms with Crippen molar-refractivity contribution in [2.75, 3.05) is 4.90 Å². The molecule has 0 amide bonds. The van der Waals surface area contributed by atoms with E-state index in [1.165, 1.54) is 68.7 Å². The number of aromatic nitrogens is 2. The molecule has 2 unspecified atom stereocenters. The number of benzene rings is 7. The van der Waals surface area contributed by atoms with E-state index < -0.39 is 0 Å². The van der Waals surface area contributed by atoms with Gasteiger partial charge in [-0.25, -0.2) is 9.97 Å². The summed E-state index contributed by atoms with van der Waals surface area (Å²) in [5, 5.41) is 8.63. The van der Waals surface area contributed by atoms with E-state index in [0.717, 1.165) is 32.9 Å². The van der Waals surface area contributed by atoms with Crippen LogP contribution in [-0.2, 0) is 0 Å². The zero-order valence-electron chi connectivity index (χ0n) is 28.4. The molecule has 10 aromatic rings. The van der Waals surface area contributed by atoms with E-state index in [-0.39, 0.29) is 6.04 Å². The quantitative estimate of drug-likeness (QED) is 0.183. The van der Waals surface area contributed by atoms with Crippen molar-refractivity contribution in [2.24, 2.45) is 0 Å². The minimum absolute atomic E-state index is 0.239. The molecule has 12 rings (SSSR count). The Morgan fingerprint density at radius 3 is 2.23 bits per heavy atom. The predicted octanol–water partition coefficient (Wildman–Crippen LogP) is 13.6. The van der Waals surface area contributed by atoms with Crippen LogP contribution in [0.1, 0.15) is 11.5 Å².